The van der Waals surface area contributed by atoms with E-state index in [4.69, 9.17) is 15.2 Å². The van der Waals surface area contributed by atoms with Gasteiger partial charge in [0.15, 0.2) is 6.29 Å². The van der Waals surface area contributed by atoms with Gasteiger partial charge in [0, 0.05) is 42.5 Å². The zero-order chi connectivity index (χ0) is 27.7. The number of anilines is 2. The first-order valence-corrected chi connectivity index (χ1v) is 14.2. The van der Waals surface area contributed by atoms with Crippen LogP contribution >= 0.6 is 0 Å². The SMILES string of the molecule is CC1C(CN2CCC3(CC2)C(=O)NCN3c2ccccc2)OC(c2cccc(N)c2)OC1c1ccc(CO)cc1. The lowest BCUT2D eigenvalue weighted by atomic mass is 9.84. The molecular formula is C32H38N4O4. The molecule has 3 aromatic carbocycles. The monoisotopic (exact) mass is 542 g/mol. The van der Waals surface area contributed by atoms with E-state index in [0.717, 1.165) is 54.9 Å². The maximum absolute atomic E-state index is 13.1. The Morgan fingerprint density at radius 3 is 2.42 bits per heavy atom. The van der Waals surface area contributed by atoms with Crippen LogP contribution in [-0.2, 0) is 20.9 Å². The molecule has 0 bridgehead atoms. The van der Waals surface area contributed by atoms with Crippen molar-refractivity contribution in [3.63, 3.8) is 0 Å². The van der Waals surface area contributed by atoms with Gasteiger partial charge < -0.3 is 35.4 Å². The van der Waals surface area contributed by atoms with Crippen molar-refractivity contribution in [2.24, 2.45) is 5.92 Å². The van der Waals surface area contributed by atoms with Gasteiger partial charge in [0.05, 0.1) is 25.5 Å². The zero-order valence-electron chi connectivity index (χ0n) is 22.9. The van der Waals surface area contributed by atoms with Gasteiger partial charge >= 0.3 is 0 Å². The first kappa shape index (κ1) is 26.8. The average Bonchev–Trinajstić information content (AvgIpc) is 3.30. The van der Waals surface area contributed by atoms with Gasteiger partial charge in [0.25, 0.3) is 0 Å². The largest absolute Gasteiger partial charge is 0.399 e. The van der Waals surface area contributed by atoms with Gasteiger partial charge in [-0.1, -0.05) is 61.5 Å². The maximum atomic E-state index is 13.1. The van der Waals surface area contributed by atoms with E-state index in [-0.39, 0.29) is 30.6 Å². The van der Waals surface area contributed by atoms with Crippen molar-refractivity contribution in [3.05, 3.63) is 95.6 Å². The highest BCUT2D eigenvalue weighted by Crippen LogP contribution is 2.43. The van der Waals surface area contributed by atoms with Crippen LogP contribution in [0.15, 0.2) is 78.9 Å². The molecule has 3 aromatic rings. The molecule has 6 rings (SSSR count). The van der Waals surface area contributed by atoms with Gasteiger partial charge in [-0.3, -0.25) is 4.79 Å². The predicted molar refractivity (Wildman–Crippen MR) is 154 cm³/mol. The lowest BCUT2D eigenvalue weighted by Crippen LogP contribution is -2.57. The van der Waals surface area contributed by atoms with Crippen molar-refractivity contribution in [1.29, 1.82) is 0 Å². The molecule has 3 fully saturated rings. The van der Waals surface area contributed by atoms with Crippen molar-refractivity contribution >= 4 is 17.3 Å². The number of benzene rings is 3. The van der Waals surface area contributed by atoms with Crippen molar-refractivity contribution < 1.29 is 19.4 Å². The molecule has 8 heteroatoms. The molecule has 3 heterocycles. The highest BCUT2D eigenvalue weighted by molar-refractivity contribution is 5.93. The molecule has 0 aromatic heterocycles. The Morgan fingerprint density at radius 2 is 1.73 bits per heavy atom. The number of rotatable bonds is 6. The molecule has 0 radical (unpaired) electrons. The molecule has 0 saturated carbocycles. The second-order valence-electron chi connectivity index (χ2n) is 11.3. The van der Waals surface area contributed by atoms with Crippen LogP contribution < -0.4 is 16.0 Å². The van der Waals surface area contributed by atoms with Crippen molar-refractivity contribution in [3.8, 4) is 0 Å². The minimum atomic E-state index is -0.544. The molecule has 8 nitrogen and oxygen atoms in total. The summed E-state index contributed by atoms with van der Waals surface area (Å²) in [5.74, 6) is 0.212. The van der Waals surface area contributed by atoms with Crippen LogP contribution in [0.3, 0.4) is 0 Å². The quantitative estimate of drug-likeness (QED) is 0.405. The molecule has 3 aliphatic rings. The Hall–Kier alpha value is -3.43. The summed E-state index contributed by atoms with van der Waals surface area (Å²) in [6.45, 7) is 5.10. The Morgan fingerprint density at radius 1 is 0.975 bits per heavy atom. The smallest absolute Gasteiger partial charge is 0.247 e. The molecule has 4 atom stereocenters. The zero-order valence-corrected chi connectivity index (χ0v) is 22.9. The van der Waals surface area contributed by atoms with Crippen LogP contribution in [0.1, 0.15) is 48.8 Å². The normalized spacial score (nSPS) is 26.6. The van der Waals surface area contributed by atoms with E-state index in [2.05, 4.69) is 34.2 Å². The molecule has 1 spiro atoms. The van der Waals surface area contributed by atoms with Crippen LogP contribution in [0.5, 0.6) is 0 Å². The minimum absolute atomic E-state index is 0.00911. The third kappa shape index (κ3) is 5.08. The number of nitrogens with one attached hydrogen (secondary N) is 1. The number of likely N-dealkylation sites (tertiary alicyclic amines) is 1. The maximum Gasteiger partial charge on any atom is 0.247 e. The van der Waals surface area contributed by atoms with Gasteiger partial charge in [-0.05, 0) is 48.2 Å². The number of nitrogens with two attached hydrogens (primary N) is 1. The first-order chi connectivity index (χ1) is 19.5. The van der Waals surface area contributed by atoms with E-state index in [0.29, 0.717) is 12.4 Å². The molecule has 0 aliphatic carbocycles. The topological polar surface area (TPSA) is 100 Å². The van der Waals surface area contributed by atoms with Gasteiger partial charge in [-0.25, -0.2) is 0 Å². The molecule has 4 N–H and O–H groups in total. The number of piperidine rings is 1. The third-order valence-electron chi connectivity index (χ3n) is 8.83. The van der Waals surface area contributed by atoms with E-state index in [1.165, 1.54) is 0 Å². The van der Waals surface area contributed by atoms with E-state index >= 15 is 0 Å². The van der Waals surface area contributed by atoms with Gasteiger partial charge in [-0.15, -0.1) is 0 Å². The van der Waals surface area contributed by atoms with E-state index in [1.807, 2.05) is 66.7 Å². The second kappa shape index (κ2) is 11.2. The molecule has 1 amide bonds. The number of carbonyl (C=O) groups excluding carboxylic acids is 1. The molecule has 4 unspecified atom stereocenters. The van der Waals surface area contributed by atoms with Gasteiger partial charge in [0.2, 0.25) is 5.91 Å². The number of carbonyl (C=O) groups is 1. The van der Waals surface area contributed by atoms with E-state index < -0.39 is 11.8 Å². The highest BCUT2D eigenvalue weighted by atomic mass is 16.7. The standard InChI is InChI=1S/C32H38N4O4/c1-22-28(19-35-16-14-32(15-17-35)31(38)34-21-36(32)27-8-3-2-4-9-27)39-30(25-6-5-7-26(33)18-25)40-29(22)24-12-10-23(20-37)11-13-24/h2-13,18,22,28-30,37H,14-17,19-21,33H2,1H3,(H,34,38). The number of ether oxygens (including phenoxy) is 2. The summed E-state index contributed by atoms with van der Waals surface area (Å²) >= 11 is 0. The molecule has 210 valence electrons. The lowest BCUT2D eigenvalue weighted by molar-refractivity contribution is -0.276. The molecule has 3 saturated heterocycles. The fourth-order valence-electron chi connectivity index (χ4n) is 6.43. The summed E-state index contributed by atoms with van der Waals surface area (Å²) in [5, 5.41) is 12.6. The van der Waals surface area contributed by atoms with Crippen molar-refractivity contribution in [1.82, 2.24) is 10.2 Å². The molecule has 40 heavy (non-hydrogen) atoms. The van der Waals surface area contributed by atoms with Gasteiger partial charge in [0.1, 0.15) is 5.54 Å². The van der Waals surface area contributed by atoms with Crippen LogP contribution in [0.25, 0.3) is 0 Å². The summed E-state index contributed by atoms with van der Waals surface area (Å²) in [6, 6.07) is 25.8. The predicted octanol–water partition coefficient (Wildman–Crippen LogP) is 3.98. The lowest BCUT2D eigenvalue weighted by Gasteiger charge is -2.46. The number of amides is 1. The summed E-state index contributed by atoms with van der Waals surface area (Å²) in [6.07, 6.45) is 0.714. The number of hydrogen-bond acceptors (Lipinski definition) is 7. The van der Waals surface area contributed by atoms with E-state index in [1.54, 1.807) is 0 Å². The summed E-state index contributed by atoms with van der Waals surface area (Å²) in [4.78, 5) is 17.8. The van der Waals surface area contributed by atoms with Crippen LogP contribution in [0.2, 0.25) is 0 Å². The molecular weight excluding hydrogens is 504 g/mol. The highest BCUT2D eigenvalue weighted by Gasteiger charge is 2.51. The number of para-hydroxylation sites is 1. The number of aliphatic hydroxyl groups excluding tert-OH is 1. The minimum Gasteiger partial charge on any atom is -0.399 e. The fourth-order valence-corrected chi connectivity index (χ4v) is 6.43. The van der Waals surface area contributed by atoms with Crippen molar-refractivity contribution in [2.45, 2.75) is 50.4 Å². The number of nitrogen functional groups attached to an aromatic ring is 1. The van der Waals surface area contributed by atoms with Crippen LogP contribution in [-0.4, -0.2) is 53.9 Å². The van der Waals surface area contributed by atoms with Crippen molar-refractivity contribution in [2.75, 3.05) is 36.9 Å². The number of aliphatic hydroxyl groups is 1. The fraction of sp³-hybridized carbons (Fsp3) is 0.406. The summed E-state index contributed by atoms with van der Waals surface area (Å²) < 4.78 is 13.2. The summed E-state index contributed by atoms with van der Waals surface area (Å²) in [7, 11) is 0. The average molecular weight is 543 g/mol. The van der Waals surface area contributed by atoms with Crippen LogP contribution in [0, 0.1) is 5.92 Å². The Labute approximate surface area is 235 Å². The summed E-state index contributed by atoms with van der Waals surface area (Å²) in [5.41, 5.74) is 10.2. The Balaban J connectivity index is 1.20. The third-order valence-corrected chi connectivity index (χ3v) is 8.83. The second-order valence-corrected chi connectivity index (χ2v) is 11.3. The first-order valence-electron chi connectivity index (χ1n) is 14.2. The number of nitrogens with zero attached hydrogens (tertiary/aromatic N) is 2. The van der Waals surface area contributed by atoms with Crippen LogP contribution in [0.4, 0.5) is 11.4 Å². The molecule has 3 aliphatic heterocycles. The van der Waals surface area contributed by atoms with Gasteiger partial charge in [-0.2, -0.15) is 0 Å². The number of hydrogen-bond donors (Lipinski definition) is 3. The van der Waals surface area contributed by atoms with E-state index in [9.17, 15) is 9.90 Å². The Bertz CT molecular complexity index is 1310. The Kier molecular flexibility index (Phi) is 7.51.